The molecule has 43 heavy (non-hydrogen) atoms. The number of aliphatic hydroxyl groups is 1. The van der Waals surface area contributed by atoms with E-state index < -0.39 is 67.6 Å². The molecule has 15 nitrogen and oxygen atoms in total. The summed E-state index contributed by atoms with van der Waals surface area (Å²) in [5, 5.41) is 18.7. The fourth-order valence-electron chi connectivity index (χ4n) is 5.25. The van der Waals surface area contributed by atoms with Gasteiger partial charge in [0, 0.05) is 36.4 Å². The van der Waals surface area contributed by atoms with E-state index in [1.54, 1.807) is 24.7 Å². The molecule has 3 N–H and O–H groups in total. The minimum atomic E-state index is -2.30. The smallest absolute Gasteiger partial charge is 0.330 e. The Labute approximate surface area is 247 Å². The van der Waals surface area contributed by atoms with Crippen LogP contribution in [0.3, 0.4) is 0 Å². The van der Waals surface area contributed by atoms with E-state index in [4.69, 9.17) is 13.9 Å². The second-order valence-corrected chi connectivity index (χ2v) is 17.6. The average molecular weight is 618 g/mol. The lowest BCUT2D eigenvalue weighted by atomic mass is 10.1. The van der Waals surface area contributed by atoms with E-state index in [-0.39, 0.29) is 18.1 Å². The fourth-order valence-corrected chi connectivity index (χ4v) is 6.58. The highest BCUT2D eigenvalue weighted by atomic mass is 28.4. The molecule has 2 saturated heterocycles. The molecule has 2 aliphatic rings. The lowest BCUT2D eigenvalue weighted by Crippen LogP contribution is -2.44. The number of hydrogen-bond donors (Lipinski definition) is 3. The van der Waals surface area contributed by atoms with Gasteiger partial charge in [-0.15, -0.1) is 5.10 Å². The summed E-state index contributed by atoms with van der Waals surface area (Å²) in [6.07, 6.45) is 1.96. The number of aliphatic hydroxyl groups excluding tert-OH is 1. The van der Waals surface area contributed by atoms with Crippen molar-refractivity contribution in [1.82, 2.24) is 34.1 Å². The number of nitrogens with one attached hydrogen (secondary N) is 2. The van der Waals surface area contributed by atoms with Crippen LogP contribution < -0.4 is 22.5 Å². The van der Waals surface area contributed by atoms with Gasteiger partial charge in [-0.25, -0.2) is 14.3 Å². The number of rotatable bonds is 7. The van der Waals surface area contributed by atoms with Crippen molar-refractivity contribution < 1.29 is 19.0 Å². The molecule has 0 aliphatic carbocycles. The quantitative estimate of drug-likeness (QED) is 0.325. The van der Waals surface area contributed by atoms with Crippen LogP contribution in [-0.4, -0.2) is 66.3 Å². The molecule has 0 unspecified atom stereocenters. The lowest BCUT2D eigenvalue weighted by Gasteiger charge is -2.39. The van der Waals surface area contributed by atoms with E-state index in [0.29, 0.717) is 23.2 Å². The largest absolute Gasteiger partial charge is 0.411 e. The molecule has 2 aliphatic heterocycles. The summed E-state index contributed by atoms with van der Waals surface area (Å²) in [6, 6.07) is -0.475. The minimum Gasteiger partial charge on any atom is -0.411 e. The molecule has 234 valence electrons. The summed E-state index contributed by atoms with van der Waals surface area (Å²) >= 11 is 0. The highest BCUT2D eigenvalue weighted by molar-refractivity contribution is 6.74. The molecule has 3 aromatic heterocycles. The van der Waals surface area contributed by atoms with Crippen molar-refractivity contribution in [3.8, 4) is 0 Å². The first-order chi connectivity index (χ1) is 20.1. The van der Waals surface area contributed by atoms with Crippen LogP contribution in [0, 0.1) is 13.8 Å². The van der Waals surface area contributed by atoms with Crippen molar-refractivity contribution in [1.29, 1.82) is 0 Å². The molecule has 0 spiro atoms. The predicted octanol–water partition coefficient (Wildman–Crippen LogP) is 1.17. The standard InChI is InChI=1S/C27H39N7O8Si/c1-14-10-32(25(38)28-23(14)36)20-8-17(19(13-35)40-20)34-12-16(30-31-34)22-18(42-43(6,7)27(3,4)5)9-21(41-22)33-11-15(2)24(37)29-26(33)39/h10-12,17-22,35H,8-9,13H2,1-7H3,(H,28,36,38)(H,29,37,39)/t17-,18-,19+,20+,21+,22+/m0/s1. The summed E-state index contributed by atoms with van der Waals surface area (Å²) < 4.78 is 23.4. The molecule has 0 bridgehead atoms. The van der Waals surface area contributed by atoms with Crippen LogP contribution in [0.15, 0.2) is 37.8 Å². The molecule has 6 atom stereocenters. The minimum absolute atomic E-state index is 0.0959. The third kappa shape index (κ3) is 5.89. The number of aromatic amines is 2. The number of hydrogen-bond acceptors (Lipinski definition) is 10. The van der Waals surface area contributed by atoms with Crippen molar-refractivity contribution in [3.63, 3.8) is 0 Å². The molecule has 5 heterocycles. The maximum absolute atomic E-state index is 12.7. The van der Waals surface area contributed by atoms with Crippen molar-refractivity contribution >= 4 is 8.32 Å². The second kappa shape index (κ2) is 11.2. The first kappa shape index (κ1) is 31.0. The van der Waals surface area contributed by atoms with Gasteiger partial charge in [-0.3, -0.25) is 28.7 Å². The Hall–Kier alpha value is -3.44. The van der Waals surface area contributed by atoms with Crippen LogP contribution in [0.2, 0.25) is 18.1 Å². The van der Waals surface area contributed by atoms with Crippen LogP contribution >= 0.6 is 0 Å². The van der Waals surface area contributed by atoms with E-state index in [9.17, 15) is 24.3 Å². The summed E-state index contributed by atoms with van der Waals surface area (Å²) in [5.74, 6) is 0. The molecular formula is C27H39N7O8Si. The zero-order valence-corrected chi connectivity index (χ0v) is 26.4. The molecular weight excluding hydrogens is 578 g/mol. The Morgan fingerprint density at radius 2 is 1.51 bits per heavy atom. The number of aromatic nitrogens is 7. The second-order valence-electron chi connectivity index (χ2n) is 12.9. The first-order valence-corrected chi connectivity index (χ1v) is 17.2. The fraction of sp³-hybridized carbons (Fsp3) is 0.630. The van der Waals surface area contributed by atoms with Gasteiger partial charge in [0.1, 0.15) is 30.4 Å². The Balaban J connectivity index is 1.45. The maximum atomic E-state index is 12.7. The topological polar surface area (TPSA) is 188 Å². The van der Waals surface area contributed by atoms with Gasteiger partial charge in [0.25, 0.3) is 11.1 Å². The molecule has 5 rings (SSSR count). The third-order valence-electron chi connectivity index (χ3n) is 8.78. The van der Waals surface area contributed by atoms with Crippen LogP contribution in [-0.2, 0) is 13.9 Å². The van der Waals surface area contributed by atoms with E-state index in [2.05, 4.69) is 54.1 Å². The van der Waals surface area contributed by atoms with E-state index >= 15 is 0 Å². The van der Waals surface area contributed by atoms with Gasteiger partial charge in [0.05, 0.1) is 24.9 Å². The molecule has 0 radical (unpaired) electrons. The van der Waals surface area contributed by atoms with Gasteiger partial charge in [0.15, 0.2) is 8.32 Å². The van der Waals surface area contributed by atoms with E-state index in [1.165, 1.54) is 21.5 Å². The van der Waals surface area contributed by atoms with Gasteiger partial charge in [0.2, 0.25) is 0 Å². The predicted molar refractivity (Wildman–Crippen MR) is 156 cm³/mol. The molecule has 0 saturated carbocycles. The van der Waals surface area contributed by atoms with Crippen molar-refractivity contribution in [3.05, 3.63) is 77.1 Å². The van der Waals surface area contributed by atoms with Crippen molar-refractivity contribution in [2.45, 2.75) is 102 Å². The van der Waals surface area contributed by atoms with Gasteiger partial charge in [-0.1, -0.05) is 26.0 Å². The van der Waals surface area contributed by atoms with Gasteiger partial charge in [-0.2, -0.15) is 0 Å². The SMILES string of the molecule is Cc1cn([C@H]2C[C@H](O[Si](C)(C)C(C)(C)C)[C@@H](c3cn([C@H]4C[C@H](n5cc(C)c(=O)[nH]c5=O)O[C@@H]4CO)nn3)O2)c(=O)[nH]c1=O. The monoisotopic (exact) mass is 617 g/mol. The van der Waals surface area contributed by atoms with E-state index in [1.807, 2.05) is 0 Å². The highest BCUT2D eigenvalue weighted by Gasteiger charge is 2.47. The van der Waals surface area contributed by atoms with E-state index in [0.717, 1.165) is 0 Å². The number of ether oxygens (including phenoxy) is 2. The molecule has 0 amide bonds. The van der Waals surface area contributed by atoms with Gasteiger partial charge < -0.3 is 19.0 Å². The molecule has 0 aromatic carbocycles. The van der Waals surface area contributed by atoms with Crippen LogP contribution in [0.4, 0.5) is 0 Å². The molecule has 3 aromatic rings. The lowest BCUT2D eigenvalue weighted by molar-refractivity contribution is -0.0324. The Morgan fingerprint density at radius 3 is 2.05 bits per heavy atom. The Kier molecular flexibility index (Phi) is 8.10. The number of H-pyrrole nitrogens is 2. The first-order valence-electron chi connectivity index (χ1n) is 14.2. The summed E-state index contributed by atoms with van der Waals surface area (Å²) in [4.78, 5) is 53.6. The summed E-state index contributed by atoms with van der Waals surface area (Å²) in [7, 11) is -2.30. The van der Waals surface area contributed by atoms with Crippen molar-refractivity contribution in [2.75, 3.05) is 6.61 Å². The Morgan fingerprint density at radius 1 is 0.953 bits per heavy atom. The number of nitrogens with zero attached hydrogens (tertiary/aromatic N) is 5. The molecule has 2 fully saturated rings. The van der Waals surface area contributed by atoms with Crippen LogP contribution in [0.25, 0.3) is 0 Å². The van der Waals surface area contributed by atoms with Gasteiger partial charge in [-0.05, 0) is 32.0 Å². The third-order valence-corrected chi connectivity index (χ3v) is 13.3. The zero-order valence-electron chi connectivity index (χ0n) is 25.4. The summed E-state index contributed by atoms with van der Waals surface area (Å²) in [6.45, 7) is 13.5. The van der Waals surface area contributed by atoms with Crippen LogP contribution in [0.1, 0.15) is 75.0 Å². The van der Waals surface area contributed by atoms with Crippen molar-refractivity contribution in [2.24, 2.45) is 0 Å². The zero-order chi connectivity index (χ0) is 31.4. The Bertz CT molecular complexity index is 1730. The number of aryl methyl sites for hydroxylation is 2. The highest BCUT2D eigenvalue weighted by Crippen LogP contribution is 2.45. The van der Waals surface area contributed by atoms with Gasteiger partial charge >= 0.3 is 11.4 Å². The maximum Gasteiger partial charge on any atom is 0.330 e. The van der Waals surface area contributed by atoms with Crippen LogP contribution in [0.5, 0.6) is 0 Å². The molecule has 16 heteroatoms. The average Bonchev–Trinajstić information content (AvgIpc) is 3.65. The summed E-state index contributed by atoms with van der Waals surface area (Å²) in [5.41, 5.74) is -0.918. The normalized spacial score (nSPS) is 26.3.